The van der Waals surface area contributed by atoms with Gasteiger partial charge in [-0.3, -0.25) is 0 Å². The summed E-state index contributed by atoms with van der Waals surface area (Å²) in [6, 6.07) is 7.72. The van der Waals surface area contributed by atoms with Crippen LogP contribution < -0.4 is 10.6 Å². The molecule has 2 amide bonds. The molecule has 1 unspecified atom stereocenters. The molecule has 1 aromatic carbocycles. The van der Waals surface area contributed by atoms with Gasteiger partial charge < -0.3 is 15.7 Å². The van der Waals surface area contributed by atoms with Crippen molar-refractivity contribution in [2.45, 2.75) is 58.7 Å². The number of aliphatic hydroxyl groups excluding tert-OH is 1. The summed E-state index contributed by atoms with van der Waals surface area (Å²) in [5, 5.41) is 15.3. The van der Waals surface area contributed by atoms with Gasteiger partial charge in [-0.05, 0) is 29.4 Å². The van der Waals surface area contributed by atoms with Crippen LogP contribution in [0.25, 0.3) is 0 Å². The fraction of sp³-hybridized carbons (Fsp3) is 0.588. The molecule has 1 atom stereocenters. The van der Waals surface area contributed by atoms with E-state index in [4.69, 9.17) is 0 Å². The molecule has 0 radical (unpaired) electrons. The quantitative estimate of drug-likeness (QED) is 0.798. The average Bonchev–Trinajstić information content (AvgIpc) is 2.47. The number of carbonyl (C=O) groups excluding carboxylic acids is 1. The summed E-state index contributed by atoms with van der Waals surface area (Å²) in [7, 11) is 0. The highest BCUT2D eigenvalue weighted by molar-refractivity contribution is 5.74. The second kappa shape index (κ2) is 6.94. The van der Waals surface area contributed by atoms with Gasteiger partial charge in [-0.1, -0.05) is 51.0 Å². The van der Waals surface area contributed by atoms with Crippen LogP contribution in [0.3, 0.4) is 0 Å². The summed E-state index contributed by atoms with van der Waals surface area (Å²) >= 11 is 0. The Kier molecular flexibility index (Phi) is 5.23. The van der Waals surface area contributed by atoms with Crippen LogP contribution in [0.5, 0.6) is 0 Å². The lowest BCUT2D eigenvalue weighted by atomic mass is 9.73. The Bertz CT molecular complexity index is 485. The maximum Gasteiger partial charge on any atom is 0.315 e. The predicted octanol–water partition coefficient (Wildman–Crippen LogP) is 2.95. The molecule has 1 aromatic rings. The summed E-state index contributed by atoms with van der Waals surface area (Å²) in [4.78, 5) is 12.1. The Morgan fingerprint density at radius 1 is 1.29 bits per heavy atom. The lowest BCUT2D eigenvalue weighted by Gasteiger charge is -2.39. The number of hydrogen-bond donors (Lipinski definition) is 3. The van der Waals surface area contributed by atoms with Crippen LogP contribution >= 0.6 is 0 Å². The summed E-state index contributed by atoms with van der Waals surface area (Å²) in [5.74, 6) is 0. The van der Waals surface area contributed by atoms with Crippen molar-refractivity contribution >= 4 is 6.03 Å². The van der Waals surface area contributed by atoms with Crippen LogP contribution in [-0.2, 0) is 13.2 Å². The van der Waals surface area contributed by atoms with E-state index < -0.39 is 0 Å². The second-order valence-corrected chi connectivity index (χ2v) is 6.54. The Morgan fingerprint density at radius 3 is 2.67 bits per heavy atom. The largest absolute Gasteiger partial charge is 0.392 e. The van der Waals surface area contributed by atoms with E-state index in [0.29, 0.717) is 6.54 Å². The number of carbonyl (C=O) groups is 1. The zero-order valence-electron chi connectivity index (χ0n) is 13.0. The van der Waals surface area contributed by atoms with Crippen LogP contribution in [0, 0.1) is 5.41 Å². The molecule has 4 nitrogen and oxygen atoms in total. The number of benzene rings is 1. The van der Waals surface area contributed by atoms with E-state index in [1.165, 1.54) is 12.8 Å². The zero-order valence-corrected chi connectivity index (χ0v) is 13.0. The molecule has 21 heavy (non-hydrogen) atoms. The number of aliphatic hydroxyl groups is 1. The van der Waals surface area contributed by atoms with E-state index in [0.717, 1.165) is 24.0 Å². The molecule has 0 heterocycles. The molecule has 1 aliphatic rings. The van der Waals surface area contributed by atoms with E-state index >= 15 is 0 Å². The van der Waals surface area contributed by atoms with Gasteiger partial charge in [-0.15, -0.1) is 0 Å². The zero-order chi connectivity index (χ0) is 15.3. The van der Waals surface area contributed by atoms with Crippen LogP contribution in [-0.4, -0.2) is 17.2 Å². The third kappa shape index (κ3) is 4.21. The van der Waals surface area contributed by atoms with Crippen LogP contribution in [0.1, 0.15) is 50.7 Å². The predicted molar refractivity (Wildman–Crippen MR) is 83.8 cm³/mol. The van der Waals surface area contributed by atoms with E-state index in [-0.39, 0.29) is 24.1 Å². The van der Waals surface area contributed by atoms with Crippen molar-refractivity contribution in [3.05, 3.63) is 35.4 Å². The van der Waals surface area contributed by atoms with Crippen LogP contribution in [0.15, 0.2) is 24.3 Å². The molecule has 116 valence electrons. The molecule has 1 saturated carbocycles. The maximum absolute atomic E-state index is 12.1. The average molecular weight is 290 g/mol. The number of nitrogens with one attached hydrogen (secondary N) is 2. The van der Waals surface area contributed by atoms with Gasteiger partial charge >= 0.3 is 6.03 Å². The van der Waals surface area contributed by atoms with Gasteiger partial charge in [0.05, 0.1) is 6.61 Å². The molecular formula is C17H26N2O2. The van der Waals surface area contributed by atoms with E-state index in [2.05, 4.69) is 24.5 Å². The van der Waals surface area contributed by atoms with Crippen LogP contribution in [0.4, 0.5) is 4.79 Å². The Hall–Kier alpha value is -1.55. The molecule has 1 aliphatic carbocycles. The molecular weight excluding hydrogens is 264 g/mol. The minimum absolute atomic E-state index is 0.00483. The normalized spacial score (nSPS) is 20.8. The van der Waals surface area contributed by atoms with Crippen molar-refractivity contribution in [1.82, 2.24) is 10.6 Å². The van der Waals surface area contributed by atoms with Gasteiger partial charge in [0.1, 0.15) is 0 Å². The number of hydrogen-bond acceptors (Lipinski definition) is 2. The molecule has 4 heteroatoms. The molecule has 0 bridgehead atoms. The summed E-state index contributed by atoms with van der Waals surface area (Å²) < 4.78 is 0. The second-order valence-electron chi connectivity index (χ2n) is 6.54. The molecule has 3 N–H and O–H groups in total. The van der Waals surface area contributed by atoms with E-state index in [1.807, 2.05) is 24.3 Å². The molecule has 0 saturated heterocycles. The van der Waals surface area contributed by atoms with Crippen molar-refractivity contribution in [3.8, 4) is 0 Å². The highest BCUT2D eigenvalue weighted by Gasteiger charge is 2.33. The fourth-order valence-corrected chi connectivity index (χ4v) is 3.03. The maximum atomic E-state index is 12.1. The first-order valence-electron chi connectivity index (χ1n) is 7.75. The van der Waals surface area contributed by atoms with Crippen LogP contribution in [0.2, 0.25) is 0 Å². The smallest absolute Gasteiger partial charge is 0.315 e. The van der Waals surface area contributed by atoms with Crippen molar-refractivity contribution in [3.63, 3.8) is 0 Å². The third-order valence-electron chi connectivity index (χ3n) is 4.54. The monoisotopic (exact) mass is 290 g/mol. The van der Waals surface area contributed by atoms with Gasteiger partial charge in [0.15, 0.2) is 0 Å². The van der Waals surface area contributed by atoms with E-state index in [1.54, 1.807) is 0 Å². The molecule has 2 rings (SSSR count). The fourth-order valence-electron chi connectivity index (χ4n) is 3.03. The SMILES string of the molecule is CC1(C)CCCCC1NC(=O)NCc1ccccc1CO. The highest BCUT2D eigenvalue weighted by atomic mass is 16.3. The summed E-state index contributed by atoms with van der Waals surface area (Å²) in [5.41, 5.74) is 1.98. The topological polar surface area (TPSA) is 61.4 Å². The van der Waals surface area contributed by atoms with Crippen molar-refractivity contribution < 1.29 is 9.90 Å². The van der Waals surface area contributed by atoms with Gasteiger partial charge in [0.25, 0.3) is 0 Å². The van der Waals surface area contributed by atoms with Gasteiger partial charge in [-0.25, -0.2) is 4.79 Å². The lowest BCUT2D eigenvalue weighted by Crippen LogP contribution is -2.50. The first kappa shape index (κ1) is 15.8. The Morgan fingerprint density at radius 2 is 2.00 bits per heavy atom. The van der Waals surface area contributed by atoms with Gasteiger partial charge in [0.2, 0.25) is 0 Å². The minimum Gasteiger partial charge on any atom is -0.392 e. The summed E-state index contributed by atoms with van der Waals surface area (Å²) in [6.45, 7) is 4.88. The number of rotatable bonds is 4. The molecule has 0 spiro atoms. The molecule has 0 aliphatic heterocycles. The minimum atomic E-state index is -0.122. The van der Waals surface area contributed by atoms with Crippen molar-refractivity contribution in [2.75, 3.05) is 0 Å². The van der Waals surface area contributed by atoms with Crippen molar-refractivity contribution in [1.29, 1.82) is 0 Å². The summed E-state index contributed by atoms with van der Waals surface area (Å²) in [6.07, 6.45) is 4.64. The van der Waals surface area contributed by atoms with Gasteiger partial charge in [0, 0.05) is 12.6 Å². The Labute approximate surface area is 126 Å². The van der Waals surface area contributed by atoms with E-state index in [9.17, 15) is 9.90 Å². The standard InChI is InChI=1S/C17H26N2O2/c1-17(2)10-6-5-9-15(17)19-16(21)18-11-13-7-3-4-8-14(13)12-20/h3-4,7-8,15,20H,5-6,9-12H2,1-2H3,(H2,18,19,21). The van der Waals surface area contributed by atoms with Crippen molar-refractivity contribution in [2.24, 2.45) is 5.41 Å². The lowest BCUT2D eigenvalue weighted by molar-refractivity contribution is 0.166. The highest BCUT2D eigenvalue weighted by Crippen LogP contribution is 2.35. The van der Waals surface area contributed by atoms with Gasteiger partial charge in [-0.2, -0.15) is 0 Å². The number of amides is 2. The molecule has 1 fully saturated rings. The first-order chi connectivity index (χ1) is 10.0. The number of urea groups is 1. The first-order valence-corrected chi connectivity index (χ1v) is 7.75. The molecule has 0 aromatic heterocycles. The third-order valence-corrected chi connectivity index (χ3v) is 4.54. The Balaban J connectivity index is 1.87.